The van der Waals surface area contributed by atoms with E-state index in [4.69, 9.17) is 5.73 Å². The van der Waals surface area contributed by atoms with E-state index in [-0.39, 0.29) is 17.4 Å². The lowest BCUT2D eigenvalue weighted by Crippen LogP contribution is -2.29. The average Bonchev–Trinajstić information content (AvgIpc) is 2.15. The van der Waals surface area contributed by atoms with Crippen LogP contribution in [0, 0.1) is 12.3 Å². The van der Waals surface area contributed by atoms with Crippen molar-refractivity contribution >= 4 is 0 Å². The standard InChI is InChI=1S/C15H25NO/c1-11-6-5-7-12(8-11)13(10-16)14(17)9-15(2,3)4/h5-8,13-14,17H,9-10,16H2,1-4H3. The van der Waals surface area contributed by atoms with Crippen LogP contribution >= 0.6 is 0 Å². The zero-order valence-electron chi connectivity index (χ0n) is 11.4. The molecule has 0 radical (unpaired) electrons. The molecule has 0 heterocycles. The molecule has 0 bridgehead atoms. The van der Waals surface area contributed by atoms with Gasteiger partial charge in [0.1, 0.15) is 0 Å². The summed E-state index contributed by atoms with van der Waals surface area (Å²) in [6, 6.07) is 8.25. The molecule has 0 aliphatic carbocycles. The molecule has 0 aliphatic heterocycles. The fourth-order valence-corrected chi connectivity index (χ4v) is 2.19. The van der Waals surface area contributed by atoms with Crippen LogP contribution in [0.5, 0.6) is 0 Å². The van der Waals surface area contributed by atoms with Crippen LogP contribution in [0.15, 0.2) is 24.3 Å². The summed E-state index contributed by atoms with van der Waals surface area (Å²) in [5, 5.41) is 10.3. The van der Waals surface area contributed by atoms with Crippen molar-refractivity contribution < 1.29 is 5.11 Å². The number of aliphatic hydroxyl groups is 1. The minimum absolute atomic E-state index is 0.0362. The number of hydrogen-bond acceptors (Lipinski definition) is 2. The lowest BCUT2D eigenvalue weighted by molar-refractivity contribution is 0.0972. The fraction of sp³-hybridized carbons (Fsp3) is 0.600. The number of aryl methyl sites for hydroxylation is 1. The van der Waals surface area contributed by atoms with Gasteiger partial charge in [0, 0.05) is 12.5 Å². The minimum Gasteiger partial charge on any atom is -0.392 e. The molecular weight excluding hydrogens is 210 g/mol. The van der Waals surface area contributed by atoms with Crippen LogP contribution in [0.25, 0.3) is 0 Å². The Morgan fingerprint density at radius 2 is 1.94 bits per heavy atom. The van der Waals surface area contributed by atoms with Crippen LogP contribution < -0.4 is 5.73 Å². The molecule has 2 nitrogen and oxygen atoms in total. The summed E-state index contributed by atoms with van der Waals surface area (Å²) < 4.78 is 0. The van der Waals surface area contributed by atoms with E-state index in [1.165, 1.54) is 5.56 Å². The zero-order chi connectivity index (χ0) is 13.1. The van der Waals surface area contributed by atoms with Crippen LogP contribution in [0.3, 0.4) is 0 Å². The second-order valence-electron chi connectivity index (χ2n) is 6.09. The molecule has 0 spiro atoms. The molecule has 0 saturated heterocycles. The van der Waals surface area contributed by atoms with Crippen molar-refractivity contribution in [2.75, 3.05) is 6.54 Å². The largest absolute Gasteiger partial charge is 0.392 e. The van der Waals surface area contributed by atoms with E-state index < -0.39 is 0 Å². The molecule has 96 valence electrons. The first kappa shape index (κ1) is 14.2. The molecule has 2 atom stereocenters. The highest BCUT2D eigenvalue weighted by atomic mass is 16.3. The maximum atomic E-state index is 10.3. The highest BCUT2D eigenvalue weighted by Gasteiger charge is 2.24. The minimum atomic E-state index is -0.373. The third-order valence-corrected chi connectivity index (χ3v) is 3.01. The van der Waals surface area contributed by atoms with Gasteiger partial charge < -0.3 is 10.8 Å². The maximum Gasteiger partial charge on any atom is 0.0625 e. The molecular formula is C15H25NO. The first-order chi connectivity index (χ1) is 7.83. The lowest BCUT2D eigenvalue weighted by Gasteiger charge is -2.28. The second-order valence-corrected chi connectivity index (χ2v) is 6.09. The van der Waals surface area contributed by atoms with Crippen molar-refractivity contribution in [2.24, 2.45) is 11.1 Å². The molecule has 1 aromatic carbocycles. The van der Waals surface area contributed by atoms with Gasteiger partial charge in [-0.1, -0.05) is 50.6 Å². The molecule has 3 N–H and O–H groups in total. The van der Waals surface area contributed by atoms with Crippen molar-refractivity contribution in [1.82, 2.24) is 0 Å². The van der Waals surface area contributed by atoms with Gasteiger partial charge >= 0.3 is 0 Å². The number of nitrogens with two attached hydrogens (primary N) is 1. The molecule has 1 aromatic rings. The highest BCUT2D eigenvalue weighted by Crippen LogP contribution is 2.29. The van der Waals surface area contributed by atoms with Gasteiger partial charge in [0.15, 0.2) is 0 Å². The topological polar surface area (TPSA) is 46.2 Å². The van der Waals surface area contributed by atoms with Gasteiger partial charge in [-0.05, 0) is 24.3 Å². The average molecular weight is 235 g/mol. The van der Waals surface area contributed by atoms with E-state index in [0.717, 1.165) is 12.0 Å². The first-order valence-corrected chi connectivity index (χ1v) is 6.28. The molecule has 17 heavy (non-hydrogen) atoms. The van der Waals surface area contributed by atoms with Gasteiger partial charge in [-0.2, -0.15) is 0 Å². The Labute approximate surface area is 105 Å². The summed E-state index contributed by atoms with van der Waals surface area (Å²) in [4.78, 5) is 0. The Hall–Kier alpha value is -0.860. The fourth-order valence-electron chi connectivity index (χ4n) is 2.19. The molecule has 2 unspecified atom stereocenters. The van der Waals surface area contributed by atoms with Crippen molar-refractivity contribution in [3.8, 4) is 0 Å². The van der Waals surface area contributed by atoms with E-state index in [0.29, 0.717) is 6.54 Å². The summed E-state index contributed by atoms with van der Waals surface area (Å²) in [5.41, 5.74) is 8.29. The summed E-state index contributed by atoms with van der Waals surface area (Å²) in [6.45, 7) is 8.97. The third kappa shape index (κ3) is 4.49. The van der Waals surface area contributed by atoms with Gasteiger partial charge in [0.2, 0.25) is 0 Å². The summed E-state index contributed by atoms with van der Waals surface area (Å²) in [5.74, 6) is 0.0362. The molecule has 0 aliphatic rings. The molecule has 0 aromatic heterocycles. The van der Waals surface area contributed by atoms with Crippen LogP contribution in [0.1, 0.15) is 44.2 Å². The smallest absolute Gasteiger partial charge is 0.0625 e. The Balaban J connectivity index is 2.84. The van der Waals surface area contributed by atoms with Crippen molar-refractivity contribution in [2.45, 2.75) is 46.1 Å². The van der Waals surface area contributed by atoms with Gasteiger partial charge in [0.25, 0.3) is 0 Å². The van der Waals surface area contributed by atoms with Gasteiger partial charge in [-0.15, -0.1) is 0 Å². The van der Waals surface area contributed by atoms with Crippen LogP contribution in [-0.2, 0) is 0 Å². The van der Waals surface area contributed by atoms with E-state index in [1.54, 1.807) is 0 Å². The number of benzene rings is 1. The molecule has 2 heteroatoms. The Morgan fingerprint density at radius 3 is 2.41 bits per heavy atom. The number of aliphatic hydroxyl groups excluding tert-OH is 1. The zero-order valence-corrected chi connectivity index (χ0v) is 11.4. The first-order valence-electron chi connectivity index (χ1n) is 6.28. The highest BCUT2D eigenvalue weighted by molar-refractivity contribution is 5.26. The van der Waals surface area contributed by atoms with Crippen LogP contribution in [-0.4, -0.2) is 17.8 Å². The van der Waals surface area contributed by atoms with Crippen LogP contribution in [0.2, 0.25) is 0 Å². The van der Waals surface area contributed by atoms with Crippen LogP contribution in [0.4, 0.5) is 0 Å². The van der Waals surface area contributed by atoms with E-state index in [2.05, 4.69) is 45.9 Å². The summed E-state index contributed by atoms with van der Waals surface area (Å²) in [6.07, 6.45) is 0.393. The van der Waals surface area contributed by atoms with Gasteiger partial charge in [-0.3, -0.25) is 0 Å². The second kappa shape index (κ2) is 5.65. The normalized spacial score (nSPS) is 15.6. The predicted octanol–water partition coefficient (Wildman–Crippen LogP) is 2.83. The third-order valence-electron chi connectivity index (χ3n) is 3.01. The number of hydrogen-bond donors (Lipinski definition) is 2. The van der Waals surface area contributed by atoms with E-state index in [1.807, 2.05) is 6.07 Å². The lowest BCUT2D eigenvalue weighted by atomic mass is 9.82. The molecule has 1 rings (SSSR count). The Bertz CT molecular complexity index is 354. The number of rotatable bonds is 4. The Kier molecular flexibility index (Phi) is 4.72. The predicted molar refractivity (Wildman–Crippen MR) is 73.1 cm³/mol. The maximum absolute atomic E-state index is 10.3. The quantitative estimate of drug-likeness (QED) is 0.843. The Morgan fingerprint density at radius 1 is 1.29 bits per heavy atom. The van der Waals surface area contributed by atoms with Crippen molar-refractivity contribution in [1.29, 1.82) is 0 Å². The summed E-state index contributed by atoms with van der Waals surface area (Å²) in [7, 11) is 0. The van der Waals surface area contributed by atoms with Gasteiger partial charge in [-0.25, -0.2) is 0 Å². The van der Waals surface area contributed by atoms with E-state index in [9.17, 15) is 5.11 Å². The van der Waals surface area contributed by atoms with E-state index >= 15 is 0 Å². The summed E-state index contributed by atoms with van der Waals surface area (Å²) >= 11 is 0. The molecule has 0 fully saturated rings. The van der Waals surface area contributed by atoms with Crippen molar-refractivity contribution in [3.05, 3.63) is 35.4 Å². The SMILES string of the molecule is Cc1cccc(C(CN)C(O)CC(C)(C)C)c1. The van der Waals surface area contributed by atoms with Gasteiger partial charge in [0.05, 0.1) is 6.10 Å². The monoisotopic (exact) mass is 235 g/mol. The molecule has 0 saturated carbocycles. The van der Waals surface area contributed by atoms with Crippen molar-refractivity contribution in [3.63, 3.8) is 0 Å². The molecule has 0 amide bonds.